The van der Waals surface area contributed by atoms with Gasteiger partial charge in [-0.1, -0.05) is 62.7 Å². The van der Waals surface area contributed by atoms with E-state index < -0.39 is 6.03 Å². The van der Waals surface area contributed by atoms with Crippen molar-refractivity contribution in [1.82, 2.24) is 24.6 Å². The first-order valence-electron chi connectivity index (χ1n) is 18.3. The maximum absolute atomic E-state index is 13.5. The molecule has 55 heavy (non-hydrogen) atoms. The number of aryl methyl sites for hydroxylation is 1. The molecular formula is C42H46N8O4S. The van der Waals surface area contributed by atoms with Crippen molar-refractivity contribution in [2.45, 2.75) is 38.0 Å². The zero-order chi connectivity index (χ0) is 38.4. The summed E-state index contributed by atoms with van der Waals surface area (Å²) in [5, 5.41) is 15.8. The van der Waals surface area contributed by atoms with Gasteiger partial charge in [-0.3, -0.25) is 10.2 Å². The molecule has 1 aliphatic heterocycles. The summed E-state index contributed by atoms with van der Waals surface area (Å²) in [6.45, 7) is 12.8. The second-order valence-electron chi connectivity index (χ2n) is 14.3. The zero-order valence-corrected chi connectivity index (χ0v) is 32.6. The second-order valence-corrected chi connectivity index (χ2v) is 15.5. The van der Waals surface area contributed by atoms with Gasteiger partial charge < -0.3 is 24.8 Å². The Morgan fingerprint density at radius 1 is 0.927 bits per heavy atom. The Balaban J connectivity index is 1.05. The average Bonchev–Trinajstić information content (AvgIpc) is 3.61. The van der Waals surface area contributed by atoms with Gasteiger partial charge in [-0.25, -0.2) is 14.5 Å². The number of methoxy groups -OCH3 is 1. The molecule has 4 aromatic carbocycles. The van der Waals surface area contributed by atoms with Crippen molar-refractivity contribution in [3.05, 3.63) is 108 Å². The summed E-state index contributed by atoms with van der Waals surface area (Å²) in [5.41, 5.74) is 4.08. The van der Waals surface area contributed by atoms with Gasteiger partial charge in [0.15, 0.2) is 0 Å². The van der Waals surface area contributed by atoms with Crippen molar-refractivity contribution in [2.24, 2.45) is 0 Å². The Morgan fingerprint density at radius 2 is 1.71 bits per heavy atom. The molecule has 284 valence electrons. The molecule has 0 spiro atoms. The number of nitrogens with one attached hydrogen (secondary N) is 3. The Labute approximate surface area is 325 Å². The van der Waals surface area contributed by atoms with Crippen LogP contribution in [0.1, 0.15) is 32.0 Å². The normalized spacial score (nSPS) is 13.4. The van der Waals surface area contributed by atoms with E-state index in [1.807, 2.05) is 85.8 Å². The highest BCUT2D eigenvalue weighted by atomic mass is 32.2. The lowest BCUT2D eigenvalue weighted by Crippen LogP contribution is -2.37. The van der Waals surface area contributed by atoms with Crippen LogP contribution < -0.4 is 25.4 Å². The minimum absolute atomic E-state index is 0.212. The van der Waals surface area contributed by atoms with Crippen LogP contribution in [0.2, 0.25) is 0 Å². The van der Waals surface area contributed by atoms with Gasteiger partial charge in [-0.15, -0.1) is 11.8 Å². The van der Waals surface area contributed by atoms with E-state index in [0.717, 1.165) is 82.7 Å². The predicted octanol–water partition coefficient (Wildman–Crippen LogP) is 9.03. The first kappa shape index (κ1) is 37.7. The summed E-state index contributed by atoms with van der Waals surface area (Å²) in [4.78, 5) is 26.1. The molecule has 0 radical (unpaired) electrons. The Morgan fingerprint density at radius 3 is 2.47 bits per heavy atom. The third-order valence-electron chi connectivity index (χ3n) is 9.13. The molecule has 3 heterocycles. The van der Waals surface area contributed by atoms with Crippen molar-refractivity contribution < 1.29 is 19.0 Å². The van der Waals surface area contributed by atoms with Crippen molar-refractivity contribution in [1.29, 1.82) is 0 Å². The second kappa shape index (κ2) is 16.8. The number of nitrogens with zero attached hydrogens (tertiary/aromatic N) is 5. The van der Waals surface area contributed by atoms with Gasteiger partial charge in [0.2, 0.25) is 11.8 Å². The number of aromatic nitrogens is 4. The lowest BCUT2D eigenvalue weighted by molar-refractivity contribution is 0.0410. The number of urea groups is 1. The van der Waals surface area contributed by atoms with Crippen LogP contribution in [0.15, 0.2) is 102 Å². The Bertz CT molecular complexity index is 2270. The number of ether oxygens (including phenoxy) is 3. The van der Waals surface area contributed by atoms with E-state index >= 15 is 0 Å². The molecule has 1 fully saturated rings. The topological polar surface area (TPSA) is 128 Å². The van der Waals surface area contributed by atoms with E-state index in [2.05, 4.69) is 57.7 Å². The molecule has 6 aromatic rings. The number of hydrogen-bond donors (Lipinski definition) is 3. The van der Waals surface area contributed by atoms with Crippen molar-refractivity contribution in [3.63, 3.8) is 0 Å². The largest absolute Gasteiger partial charge is 0.497 e. The van der Waals surface area contributed by atoms with E-state index in [1.165, 1.54) is 0 Å². The van der Waals surface area contributed by atoms with Crippen LogP contribution in [0.4, 0.5) is 27.9 Å². The molecule has 0 unspecified atom stereocenters. The molecule has 12 nitrogen and oxygen atoms in total. The van der Waals surface area contributed by atoms with Gasteiger partial charge in [0, 0.05) is 76.6 Å². The number of rotatable bonds is 12. The van der Waals surface area contributed by atoms with Gasteiger partial charge in [0.1, 0.15) is 17.3 Å². The van der Waals surface area contributed by atoms with Crippen LogP contribution >= 0.6 is 11.8 Å². The summed E-state index contributed by atoms with van der Waals surface area (Å²) in [7, 11) is 1.66. The smallest absolute Gasteiger partial charge is 0.324 e. The third kappa shape index (κ3) is 9.55. The molecule has 13 heteroatoms. The van der Waals surface area contributed by atoms with Gasteiger partial charge in [-0.05, 0) is 43.3 Å². The maximum atomic E-state index is 13.5. The highest BCUT2D eigenvalue weighted by molar-refractivity contribution is 7.99. The fourth-order valence-electron chi connectivity index (χ4n) is 6.12. The molecule has 0 atom stereocenters. The van der Waals surface area contributed by atoms with Gasteiger partial charge in [0.05, 0.1) is 37.4 Å². The minimum atomic E-state index is -0.393. The lowest BCUT2D eigenvalue weighted by Gasteiger charge is -2.26. The van der Waals surface area contributed by atoms with E-state index in [4.69, 9.17) is 19.3 Å². The number of benzene rings is 4. The summed E-state index contributed by atoms with van der Waals surface area (Å²) >= 11 is 1.78. The van der Waals surface area contributed by atoms with Crippen LogP contribution in [0.25, 0.3) is 16.5 Å². The van der Waals surface area contributed by atoms with Crippen molar-refractivity contribution in [2.75, 3.05) is 61.7 Å². The minimum Gasteiger partial charge on any atom is -0.497 e. The maximum Gasteiger partial charge on any atom is 0.324 e. The molecule has 1 saturated heterocycles. The Hall–Kier alpha value is -5.63. The van der Waals surface area contributed by atoms with Gasteiger partial charge >= 0.3 is 6.03 Å². The number of amides is 2. The zero-order valence-electron chi connectivity index (χ0n) is 31.8. The summed E-state index contributed by atoms with van der Waals surface area (Å²) < 4.78 is 19.2. The van der Waals surface area contributed by atoms with E-state index in [9.17, 15) is 4.79 Å². The number of carbonyl (C=O) groups is 1. The molecular weight excluding hydrogens is 713 g/mol. The number of hydrogen-bond acceptors (Lipinski definition) is 10. The molecule has 0 aliphatic carbocycles. The average molecular weight is 759 g/mol. The highest BCUT2D eigenvalue weighted by Crippen LogP contribution is 2.35. The molecule has 0 saturated carbocycles. The highest BCUT2D eigenvalue weighted by Gasteiger charge is 2.22. The number of fused-ring (bicyclic) bond motifs is 1. The van der Waals surface area contributed by atoms with Crippen molar-refractivity contribution in [3.8, 4) is 23.1 Å². The number of anilines is 4. The van der Waals surface area contributed by atoms with Crippen molar-refractivity contribution >= 4 is 51.7 Å². The van der Waals surface area contributed by atoms with Crippen LogP contribution in [-0.4, -0.2) is 76.4 Å². The summed E-state index contributed by atoms with van der Waals surface area (Å²) in [5.74, 6) is 3.59. The molecule has 1 aliphatic rings. The fraction of sp³-hybridized carbons (Fsp3) is 0.286. The Kier molecular flexibility index (Phi) is 11.5. The summed E-state index contributed by atoms with van der Waals surface area (Å²) in [6, 6.07) is 28.7. The van der Waals surface area contributed by atoms with E-state index in [-0.39, 0.29) is 5.41 Å². The molecule has 2 aromatic heterocycles. The number of thioether (sulfide) groups is 1. The SMILES string of the molecule is COc1cc(Nc2nccc(Oc3ccc(NC(=O)Nc4cc(C(C)(C)C)nn4-c4ccc(C)cc4)c4ccccc34)n2)cc(SCCN2CCOCC2)c1. The quantitative estimate of drug-likeness (QED) is 0.104. The molecule has 2 amide bonds. The number of morpholine rings is 1. The monoisotopic (exact) mass is 758 g/mol. The van der Waals surface area contributed by atoms with E-state index in [1.54, 1.807) is 35.8 Å². The standard InChI is InChI=1S/C42H46N8O4S/c1-28-10-12-30(13-11-28)50-38(27-37(48-50)42(2,3)4)46-41(51)45-35-14-15-36(34-9-7-6-8-33(34)35)54-39-16-17-43-40(47-39)44-29-24-31(52-5)26-32(25-29)55-23-20-49-18-21-53-22-19-49/h6-17,24-27H,18-23H2,1-5H3,(H,43,44,47)(H2,45,46,51). The van der Waals surface area contributed by atoms with E-state index in [0.29, 0.717) is 29.1 Å². The first-order valence-corrected chi connectivity index (χ1v) is 19.3. The molecule has 7 rings (SSSR count). The third-order valence-corrected chi connectivity index (χ3v) is 10.1. The van der Waals surface area contributed by atoms with Gasteiger partial charge in [0.25, 0.3) is 0 Å². The van der Waals surface area contributed by atoms with Gasteiger partial charge in [-0.2, -0.15) is 10.1 Å². The molecule has 0 bridgehead atoms. The van der Waals surface area contributed by atoms with Crippen LogP contribution in [0.5, 0.6) is 17.4 Å². The van der Waals surface area contributed by atoms with Crippen LogP contribution in [-0.2, 0) is 10.2 Å². The van der Waals surface area contributed by atoms with Crippen LogP contribution in [0.3, 0.4) is 0 Å². The fourth-order valence-corrected chi connectivity index (χ4v) is 7.12. The van der Waals surface area contributed by atoms with Crippen LogP contribution in [0, 0.1) is 6.92 Å². The number of carbonyl (C=O) groups excluding carboxylic acids is 1. The first-order chi connectivity index (χ1) is 26.6. The predicted molar refractivity (Wildman–Crippen MR) is 220 cm³/mol. The molecule has 3 N–H and O–H groups in total. The lowest BCUT2D eigenvalue weighted by atomic mass is 9.92. The summed E-state index contributed by atoms with van der Waals surface area (Å²) in [6.07, 6.45) is 1.65.